The lowest BCUT2D eigenvalue weighted by Crippen LogP contribution is -2.51. The first-order chi connectivity index (χ1) is 20.3. The molecular formula is C29H22F5N5O4. The number of hydrogen-bond donors (Lipinski definition) is 3. The van der Waals surface area contributed by atoms with Gasteiger partial charge in [0.05, 0.1) is 23.4 Å². The Morgan fingerprint density at radius 1 is 1.07 bits per heavy atom. The van der Waals surface area contributed by atoms with Crippen LogP contribution in [0.5, 0.6) is 5.75 Å². The lowest BCUT2D eigenvalue weighted by molar-refractivity contribution is -0.265. The molecule has 9 nitrogen and oxygen atoms in total. The van der Waals surface area contributed by atoms with Crippen LogP contribution in [0.15, 0.2) is 54.6 Å². The average molecular weight is 600 g/mol. The first-order valence-corrected chi connectivity index (χ1v) is 13.1. The molecule has 0 saturated heterocycles. The highest BCUT2D eigenvalue weighted by Gasteiger charge is 2.58. The van der Waals surface area contributed by atoms with Gasteiger partial charge in [0.25, 0.3) is 17.5 Å². The highest BCUT2D eigenvalue weighted by atomic mass is 19.4. The molecule has 1 aliphatic carbocycles. The van der Waals surface area contributed by atoms with E-state index in [-0.39, 0.29) is 17.0 Å². The van der Waals surface area contributed by atoms with Crippen LogP contribution >= 0.6 is 0 Å². The summed E-state index contributed by atoms with van der Waals surface area (Å²) in [7, 11) is 0. The van der Waals surface area contributed by atoms with Gasteiger partial charge in [-0.3, -0.25) is 9.59 Å². The molecule has 1 saturated carbocycles. The van der Waals surface area contributed by atoms with Gasteiger partial charge in [0, 0.05) is 28.0 Å². The van der Waals surface area contributed by atoms with Gasteiger partial charge in [0.1, 0.15) is 18.1 Å². The second-order valence-corrected chi connectivity index (χ2v) is 10.6. The average Bonchev–Trinajstić information content (AvgIpc) is 3.77. The highest BCUT2D eigenvalue weighted by Crippen LogP contribution is 2.48. The molecule has 4 N–H and O–H groups in total. The summed E-state index contributed by atoms with van der Waals surface area (Å²) in [4.78, 5) is 28.9. The van der Waals surface area contributed by atoms with Gasteiger partial charge in [-0.1, -0.05) is 0 Å². The number of benzene rings is 2. The quantitative estimate of drug-likeness (QED) is 0.274. The number of nitrogens with zero attached hydrogens (tertiary/aromatic N) is 3. The molecule has 3 heterocycles. The number of halogens is 5. The predicted octanol–water partition coefficient (Wildman–Crippen LogP) is 3.93. The van der Waals surface area contributed by atoms with E-state index in [1.54, 1.807) is 6.07 Å². The van der Waals surface area contributed by atoms with Crippen molar-refractivity contribution in [3.63, 3.8) is 0 Å². The van der Waals surface area contributed by atoms with Gasteiger partial charge in [-0.25, -0.2) is 13.8 Å². The fourth-order valence-corrected chi connectivity index (χ4v) is 4.87. The molecule has 2 amide bonds. The molecule has 6 rings (SSSR count). The molecule has 0 radical (unpaired) electrons. The number of carbonyl (C=O) groups excluding carboxylic acids is 2. The number of rotatable bonds is 7. The maximum Gasteiger partial charge on any atom is 0.424 e. The maximum atomic E-state index is 15.7. The van der Waals surface area contributed by atoms with E-state index in [1.165, 1.54) is 18.2 Å². The number of ether oxygens (including phenoxy) is 1. The predicted molar refractivity (Wildman–Crippen MR) is 141 cm³/mol. The van der Waals surface area contributed by atoms with Crippen LogP contribution in [0.25, 0.3) is 22.2 Å². The van der Waals surface area contributed by atoms with E-state index >= 15 is 4.39 Å². The molecule has 2 aliphatic rings. The van der Waals surface area contributed by atoms with Crippen molar-refractivity contribution in [2.24, 2.45) is 5.73 Å². The monoisotopic (exact) mass is 599 g/mol. The second kappa shape index (κ2) is 9.93. The number of aromatic nitrogens is 3. The topological polar surface area (TPSA) is 140 Å². The number of nitrogens with one attached hydrogen (secondary N) is 1. The Hall–Kier alpha value is -4.72. The van der Waals surface area contributed by atoms with Crippen LogP contribution in [0.1, 0.15) is 46.1 Å². The number of alkyl halides is 4. The number of primary amides is 1. The molecular weight excluding hydrogens is 577 g/mol. The molecule has 1 fully saturated rings. The number of pyridine rings is 1. The summed E-state index contributed by atoms with van der Waals surface area (Å²) in [5.74, 6) is -3.28. The number of nitrogens with two attached hydrogens (primary N) is 1. The van der Waals surface area contributed by atoms with E-state index in [0.717, 1.165) is 42.8 Å². The van der Waals surface area contributed by atoms with E-state index in [0.29, 0.717) is 17.0 Å². The lowest BCUT2D eigenvalue weighted by atomic mass is 9.90. The summed E-state index contributed by atoms with van der Waals surface area (Å²) < 4.78 is 78.2. The van der Waals surface area contributed by atoms with Crippen LogP contribution < -0.4 is 15.8 Å². The lowest BCUT2D eigenvalue weighted by Gasteiger charge is -2.31. The largest absolute Gasteiger partial charge is 0.487 e. The molecule has 14 heteroatoms. The molecule has 0 bridgehead atoms. The summed E-state index contributed by atoms with van der Waals surface area (Å²) in [5.41, 5.74) is -2.71. The van der Waals surface area contributed by atoms with E-state index in [2.05, 4.69) is 20.5 Å². The molecule has 2 aromatic carbocycles. The van der Waals surface area contributed by atoms with Crippen LogP contribution in [0.2, 0.25) is 0 Å². The van der Waals surface area contributed by atoms with Gasteiger partial charge in [-0.05, 0) is 67.4 Å². The summed E-state index contributed by atoms with van der Waals surface area (Å²) in [6.07, 6.45) is -3.53. The Labute approximate surface area is 239 Å². The molecule has 0 spiro atoms. The number of hydrogen-bond acceptors (Lipinski definition) is 7. The summed E-state index contributed by atoms with van der Waals surface area (Å²) in [6.45, 7) is -2.38. The zero-order valence-corrected chi connectivity index (χ0v) is 22.1. The number of fused-ring (bicyclic) bond motifs is 2. The van der Waals surface area contributed by atoms with E-state index < -0.39 is 70.9 Å². The summed E-state index contributed by atoms with van der Waals surface area (Å²) in [6, 6.07) is 10.9. The van der Waals surface area contributed by atoms with Gasteiger partial charge < -0.3 is 20.9 Å². The Balaban J connectivity index is 1.38. The van der Waals surface area contributed by atoms with Crippen molar-refractivity contribution in [1.29, 1.82) is 0 Å². The smallest absolute Gasteiger partial charge is 0.424 e. The van der Waals surface area contributed by atoms with Gasteiger partial charge in [0.2, 0.25) is 5.60 Å². The van der Waals surface area contributed by atoms with Crippen molar-refractivity contribution in [2.45, 2.75) is 36.2 Å². The van der Waals surface area contributed by atoms with E-state index in [4.69, 9.17) is 10.5 Å². The second-order valence-electron chi connectivity index (χ2n) is 10.6. The molecule has 2 atom stereocenters. The highest BCUT2D eigenvalue weighted by molar-refractivity contribution is 5.98. The van der Waals surface area contributed by atoms with Crippen molar-refractivity contribution in [1.82, 2.24) is 20.5 Å². The van der Waals surface area contributed by atoms with Crippen LogP contribution in [0.3, 0.4) is 0 Å². The number of aliphatic hydroxyl groups is 1. The van der Waals surface area contributed by atoms with Gasteiger partial charge in [-0.2, -0.15) is 23.4 Å². The van der Waals surface area contributed by atoms with Crippen molar-refractivity contribution in [3.05, 3.63) is 82.9 Å². The van der Waals surface area contributed by atoms with Crippen molar-refractivity contribution in [3.8, 4) is 17.0 Å². The zero-order chi connectivity index (χ0) is 30.7. The Bertz CT molecular complexity index is 1780. The molecule has 222 valence electrons. The third-order valence-corrected chi connectivity index (χ3v) is 7.58. The first kappa shape index (κ1) is 28.4. The van der Waals surface area contributed by atoms with Crippen LogP contribution in [-0.2, 0) is 16.1 Å². The SMILES string of the molecule is NC(=O)[C@@]1(F)COc2c1cc([C@@](O)(CNC(=O)c1ccc3nnc(C4CC4)cc3c1)C(F)(F)F)nc2-c1ccc(F)cc1. The van der Waals surface area contributed by atoms with Crippen LogP contribution in [0, 0.1) is 5.82 Å². The first-order valence-electron chi connectivity index (χ1n) is 13.1. The normalized spacial score (nSPS) is 19.4. The fourth-order valence-electron chi connectivity index (χ4n) is 4.87. The maximum absolute atomic E-state index is 15.7. The van der Waals surface area contributed by atoms with Crippen molar-refractivity contribution < 1.29 is 41.4 Å². The van der Waals surface area contributed by atoms with Gasteiger partial charge in [-0.15, -0.1) is 0 Å². The summed E-state index contributed by atoms with van der Waals surface area (Å²) in [5, 5.41) is 22.0. The Morgan fingerprint density at radius 3 is 2.44 bits per heavy atom. The van der Waals surface area contributed by atoms with E-state index in [9.17, 15) is 32.3 Å². The van der Waals surface area contributed by atoms with Gasteiger partial charge >= 0.3 is 6.18 Å². The number of carbonyl (C=O) groups is 2. The standard InChI is InChI=1S/C29H22F5N5O4/c30-18-6-3-15(4-7-18)23-24-19(27(31,13-43-24)26(35)41)11-22(37-23)28(42,29(32,33)34)12-36-25(40)16-5-8-20-17(9-16)10-21(39-38-20)14-1-2-14/h3-11,14,42H,1-2,12-13H2,(H2,35,41)(H,36,40)/t27-,28+/m1/s1. The minimum atomic E-state index is -5.45. The third kappa shape index (κ3) is 4.90. The van der Waals surface area contributed by atoms with Crippen molar-refractivity contribution >= 4 is 22.7 Å². The molecule has 43 heavy (non-hydrogen) atoms. The minimum absolute atomic E-state index is 0.00612. The number of amides is 2. The van der Waals surface area contributed by atoms with Crippen LogP contribution in [-0.4, -0.2) is 51.4 Å². The minimum Gasteiger partial charge on any atom is -0.487 e. The molecule has 1 aliphatic heterocycles. The fraction of sp³-hybridized carbons (Fsp3) is 0.276. The Kier molecular flexibility index (Phi) is 6.56. The van der Waals surface area contributed by atoms with E-state index in [1.807, 2.05) is 0 Å². The molecule has 0 unspecified atom stereocenters. The van der Waals surface area contributed by atoms with Crippen LogP contribution in [0.4, 0.5) is 22.0 Å². The summed E-state index contributed by atoms with van der Waals surface area (Å²) >= 11 is 0. The zero-order valence-electron chi connectivity index (χ0n) is 22.1. The molecule has 2 aromatic heterocycles. The molecule has 4 aromatic rings. The van der Waals surface area contributed by atoms with Gasteiger partial charge in [0.15, 0.2) is 5.75 Å². The third-order valence-electron chi connectivity index (χ3n) is 7.58. The van der Waals surface area contributed by atoms with Crippen molar-refractivity contribution in [2.75, 3.05) is 13.2 Å². The Morgan fingerprint density at radius 2 is 1.79 bits per heavy atom.